The van der Waals surface area contributed by atoms with Crippen molar-refractivity contribution < 1.29 is 18.5 Å². The molecule has 9 nitrogen and oxygen atoms in total. The molecule has 0 spiro atoms. The van der Waals surface area contributed by atoms with E-state index in [4.69, 9.17) is 4.42 Å². The van der Waals surface area contributed by atoms with Gasteiger partial charge in [-0.1, -0.05) is 36.4 Å². The summed E-state index contributed by atoms with van der Waals surface area (Å²) in [5, 5.41) is 16.7. The van der Waals surface area contributed by atoms with E-state index in [2.05, 4.69) is 19.4 Å². The number of para-hydroxylation sites is 1. The average molecular weight is 466 g/mol. The van der Waals surface area contributed by atoms with E-state index in [1.165, 1.54) is 4.90 Å². The summed E-state index contributed by atoms with van der Waals surface area (Å²) < 4.78 is 25.3. The number of aryl methyl sites for hydroxylation is 1. The van der Waals surface area contributed by atoms with Crippen LogP contribution in [0.15, 0.2) is 73.9 Å². The largest absolute Gasteiger partial charge is 0.505 e. The molecule has 3 N–H and O–H groups in total. The number of carbonyl (C=O) groups excluding carboxylic acids is 1. The molecule has 33 heavy (non-hydrogen) atoms. The van der Waals surface area contributed by atoms with Gasteiger partial charge in [0.05, 0.1) is 17.8 Å². The smallest absolute Gasteiger partial charge is 0.269 e. The normalized spacial score (nSPS) is 15.0. The number of phenolic OH excluding ortho intramolecular Hbond substituents is 1. The molecule has 10 heteroatoms. The van der Waals surface area contributed by atoms with Crippen LogP contribution in [0.3, 0.4) is 0 Å². The molecule has 170 valence electrons. The van der Waals surface area contributed by atoms with Crippen LogP contribution < -0.4 is 10.6 Å². The predicted molar refractivity (Wildman–Crippen MR) is 127 cm³/mol. The maximum atomic E-state index is 12.9. The number of phenols is 1. The summed E-state index contributed by atoms with van der Waals surface area (Å²) in [6.07, 6.45) is 0. The summed E-state index contributed by atoms with van der Waals surface area (Å²) in [7, 11) is 1.67. The third-order valence-electron chi connectivity index (χ3n) is 4.92. The van der Waals surface area contributed by atoms with Crippen LogP contribution in [0.4, 0.5) is 5.69 Å². The predicted octanol–water partition coefficient (Wildman–Crippen LogP) is 3.16. The Morgan fingerprint density at radius 3 is 2.55 bits per heavy atom. The molecule has 0 saturated carbocycles. The van der Waals surface area contributed by atoms with E-state index in [1.54, 1.807) is 25.2 Å². The molecule has 1 aliphatic heterocycles. The summed E-state index contributed by atoms with van der Waals surface area (Å²) in [6.45, 7) is 2.56. The molecule has 2 aromatic carbocycles. The van der Waals surface area contributed by atoms with Crippen LogP contribution in [0.2, 0.25) is 0 Å². The van der Waals surface area contributed by atoms with Crippen molar-refractivity contribution >= 4 is 34.4 Å². The minimum absolute atomic E-state index is 0.135. The van der Waals surface area contributed by atoms with Crippen molar-refractivity contribution in [3.63, 3.8) is 0 Å². The third kappa shape index (κ3) is 5.29. The van der Waals surface area contributed by atoms with Gasteiger partial charge in [0.1, 0.15) is 11.5 Å². The van der Waals surface area contributed by atoms with Crippen molar-refractivity contribution in [3.05, 3.63) is 83.3 Å². The summed E-state index contributed by atoms with van der Waals surface area (Å²) in [5.41, 5.74) is 1.36. The van der Waals surface area contributed by atoms with Crippen molar-refractivity contribution in [1.29, 1.82) is 0 Å². The zero-order valence-corrected chi connectivity index (χ0v) is 18.9. The maximum Gasteiger partial charge on any atom is 0.269 e. The van der Waals surface area contributed by atoms with Gasteiger partial charge in [-0.05, 0) is 36.8 Å². The van der Waals surface area contributed by atoms with Crippen LogP contribution in [-0.4, -0.2) is 38.8 Å². The van der Waals surface area contributed by atoms with E-state index < -0.39 is 11.2 Å². The fraction of sp³-hybridized carbons (Fsp3) is 0.174. The Labute approximate surface area is 193 Å². The summed E-state index contributed by atoms with van der Waals surface area (Å²) in [6, 6.07) is 18.0. The lowest BCUT2D eigenvalue weighted by Gasteiger charge is -2.19. The van der Waals surface area contributed by atoms with Gasteiger partial charge >= 0.3 is 0 Å². The second-order valence-electron chi connectivity index (χ2n) is 7.45. The number of nitrogens with one attached hydrogen (secondary N) is 2. The first-order valence-corrected chi connectivity index (χ1v) is 11.2. The number of aromatic hydroxyl groups is 1. The zero-order valence-electron chi connectivity index (χ0n) is 18.1. The molecule has 0 saturated heterocycles. The van der Waals surface area contributed by atoms with Gasteiger partial charge in [-0.15, -0.1) is 8.80 Å². The average Bonchev–Trinajstić information content (AvgIpc) is 3.38. The lowest BCUT2D eigenvalue weighted by atomic mass is 10.1. The van der Waals surface area contributed by atoms with E-state index in [0.717, 1.165) is 11.3 Å². The Bertz CT molecular complexity index is 1250. The Balaban J connectivity index is 1.47. The minimum atomic E-state index is -1.80. The fourth-order valence-corrected chi connectivity index (χ4v) is 3.93. The maximum absolute atomic E-state index is 12.9. The van der Waals surface area contributed by atoms with Crippen LogP contribution in [-0.2, 0) is 24.3 Å². The van der Waals surface area contributed by atoms with Crippen LogP contribution >= 0.6 is 0 Å². The van der Waals surface area contributed by atoms with Crippen molar-refractivity contribution in [2.45, 2.75) is 20.0 Å². The molecule has 0 aliphatic carbocycles. The quantitative estimate of drug-likeness (QED) is 0.481. The minimum Gasteiger partial charge on any atom is -0.505 e. The lowest BCUT2D eigenvalue weighted by molar-refractivity contribution is 0.0782. The fourth-order valence-electron chi connectivity index (χ4n) is 3.29. The molecule has 1 aromatic heterocycles. The van der Waals surface area contributed by atoms with Crippen LogP contribution in [0.5, 0.6) is 5.75 Å². The molecular formula is C23H23N5O4S. The summed E-state index contributed by atoms with van der Waals surface area (Å²) >= 11 is -1.80. The molecule has 1 aliphatic rings. The number of amides is 1. The molecule has 1 atom stereocenters. The van der Waals surface area contributed by atoms with Gasteiger partial charge in [-0.25, -0.2) is 4.21 Å². The van der Waals surface area contributed by atoms with Crippen LogP contribution in [0, 0.1) is 6.92 Å². The number of nitrogens with zero attached hydrogens (tertiary/aromatic N) is 3. The highest BCUT2D eigenvalue weighted by atomic mass is 32.2. The van der Waals surface area contributed by atoms with Gasteiger partial charge in [-0.3, -0.25) is 4.79 Å². The molecule has 3 aromatic rings. The number of furan rings is 1. The monoisotopic (exact) mass is 465 g/mol. The first kappa shape index (κ1) is 22.3. The third-order valence-corrected chi connectivity index (χ3v) is 5.60. The lowest BCUT2D eigenvalue weighted by Crippen LogP contribution is -2.33. The van der Waals surface area contributed by atoms with E-state index >= 15 is 0 Å². The van der Waals surface area contributed by atoms with Crippen molar-refractivity contribution in [2.75, 3.05) is 12.4 Å². The Morgan fingerprint density at radius 1 is 1.06 bits per heavy atom. The van der Waals surface area contributed by atoms with Crippen molar-refractivity contribution in [1.82, 2.24) is 10.2 Å². The van der Waals surface area contributed by atoms with E-state index in [1.807, 2.05) is 49.4 Å². The molecule has 0 radical (unpaired) electrons. The number of hydrogen-bond donors (Lipinski definition) is 3. The van der Waals surface area contributed by atoms with Crippen molar-refractivity contribution in [2.24, 2.45) is 8.80 Å². The number of amidine groups is 2. The van der Waals surface area contributed by atoms with Gasteiger partial charge in [0, 0.05) is 13.6 Å². The van der Waals surface area contributed by atoms with Crippen LogP contribution in [0.25, 0.3) is 0 Å². The Morgan fingerprint density at radius 2 is 1.82 bits per heavy atom. The SMILES string of the molecule is Cc1ccc(CNC2=NS(=O)N=C2Nc2cccc(C(=O)N(C)Cc3ccccc3)c2O)o1. The number of carbonyl (C=O) groups is 1. The second-order valence-corrected chi connectivity index (χ2v) is 8.28. The first-order chi connectivity index (χ1) is 15.9. The van der Waals surface area contributed by atoms with Gasteiger partial charge in [0.25, 0.3) is 17.1 Å². The molecule has 4 rings (SSSR count). The standard InChI is InChI=1S/C23H23N5O4S/c1-15-11-12-17(32-15)13-24-21-22(27-33(31)26-21)25-19-10-6-9-18(20(19)29)23(30)28(2)14-16-7-4-3-5-8-16/h3-12,29H,13-14H2,1-2H3,(H,24,26)(H,25,27). The van der Waals surface area contributed by atoms with Gasteiger partial charge in [0.15, 0.2) is 17.4 Å². The van der Waals surface area contributed by atoms with Crippen LogP contribution in [0.1, 0.15) is 27.4 Å². The van der Waals surface area contributed by atoms with Gasteiger partial charge < -0.3 is 25.1 Å². The Hall–Kier alpha value is -3.92. The van der Waals surface area contributed by atoms with E-state index in [9.17, 15) is 14.1 Å². The van der Waals surface area contributed by atoms with Gasteiger partial charge in [0.2, 0.25) is 0 Å². The molecule has 2 heterocycles. The molecular weight excluding hydrogens is 442 g/mol. The molecule has 0 fully saturated rings. The highest BCUT2D eigenvalue weighted by molar-refractivity contribution is 7.83. The first-order valence-electron chi connectivity index (χ1n) is 10.2. The molecule has 1 amide bonds. The molecule has 1 unspecified atom stereocenters. The number of anilines is 1. The summed E-state index contributed by atoms with van der Waals surface area (Å²) in [4.78, 5) is 14.5. The second kappa shape index (κ2) is 9.70. The van der Waals surface area contributed by atoms with E-state index in [0.29, 0.717) is 18.8 Å². The van der Waals surface area contributed by atoms with E-state index in [-0.39, 0.29) is 34.6 Å². The Kier molecular flexibility index (Phi) is 6.55. The molecule has 0 bridgehead atoms. The number of benzene rings is 2. The number of hydrogen-bond acceptors (Lipinski definition) is 6. The highest BCUT2D eigenvalue weighted by Gasteiger charge is 2.23. The summed E-state index contributed by atoms with van der Waals surface area (Å²) in [5.74, 6) is 1.35. The topological polar surface area (TPSA) is 120 Å². The number of rotatable bonds is 6. The zero-order chi connectivity index (χ0) is 23.4. The van der Waals surface area contributed by atoms with Crippen molar-refractivity contribution in [3.8, 4) is 5.75 Å². The van der Waals surface area contributed by atoms with Gasteiger partial charge in [-0.2, -0.15) is 0 Å². The highest BCUT2D eigenvalue weighted by Crippen LogP contribution is 2.29.